The Labute approximate surface area is 222 Å². The summed E-state index contributed by atoms with van der Waals surface area (Å²) in [6, 6.07) is 23.3. The fourth-order valence-electron chi connectivity index (χ4n) is 4.53. The van der Waals surface area contributed by atoms with Crippen molar-refractivity contribution in [3.8, 4) is 5.75 Å². The van der Waals surface area contributed by atoms with E-state index in [4.69, 9.17) is 4.74 Å². The molecule has 2 heterocycles. The molecule has 0 aliphatic carbocycles. The zero-order chi connectivity index (χ0) is 26.9. The van der Waals surface area contributed by atoms with Crippen molar-refractivity contribution >= 4 is 17.5 Å². The lowest BCUT2D eigenvalue weighted by atomic mass is 9.87. The number of rotatable bonds is 6. The minimum Gasteiger partial charge on any atom is -0.489 e. The number of tetrazole rings is 1. The highest BCUT2D eigenvalue weighted by atomic mass is 16.5. The molecule has 1 aliphatic heterocycles. The molecule has 38 heavy (non-hydrogen) atoms. The molecule has 1 aromatic heterocycles. The fraction of sp³-hybridized carbons (Fsp3) is 0.267. The van der Waals surface area contributed by atoms with E-state index in [9.17, 15) is 4.79 Å². The molecule has 0 saturated carbocycles. The normalized spacial score (nSPS) is 15.0. The number of aromatic nitrogens is 4. The monoisotopic (exact) mass is 508 g/mol. The summed E-state index contributed by atoms with van der Waals surface area (Å²) in [5.74, 6) is 0.888. The second kappa shape index (κ2) is 10.1. The maximum atomic E-state index is 13.7. The van der Waals surface area contributed by atoms with Crippen molar-refractivity contribution in [1.82, 2.24) is 20.2 Å². The van der Waals surface area contributed by atoms with Gasteiger partial charge in [0.15, 0.2) is 0 Å². The number of para-hydroxylation sites is 1. The van der Waals surface area contributed by atoms with E-state index >= 15 is 0 Å². The van der Waals surface area contributed by atoms with E-state index in [1.54, 1.807) is 4.68 Å². The number of carbonyl (C=O) groups is 1. The van der Waals surface area contributed by atoms with Crippen molar-refractivity contribution in [2.24, 2.45) is 0 Å². The zero-order valence-corrected chi connectivity index (χ0v) is 22.3. The molecule has 8 nitrogen and oxygen atoms in total. The lowest BCUT2D eigenvalue weighted by Crippen LogP contribution is -2.31. The summed E-state index contributed by atoms with van der Waals surface area (Å²) < 4.78 is 7.95. The molecule has 0 fully saturated rings. The van der Waals surface area contributed by atoms with Gasteiger partial charge in [-0.2, -0.15) is 4.68 Å². The average Bonchev–Trinajstić information content (AvgIpc) is 3.36. The summed E-state index contributed by atoms with van der Waals surface area (Å²) in [6.07, 6.45) is 0. The fourth-order valence-corrected chi connectivity index (χ4v) is 4.53. The van der Waals surface area contributed by atoms with E-state index in [1.165, 1.54) is 5.56 Å². The maximum absolute atomic E-state index is 13.7. The number of hydrogen-bond donors (Lipinski definition) is 2. The van der Waals surface area contributed by atoms with E-state index in [0.717, 1.165) is 16.7 Å². The molecule has 0 saturated heterocycles. The minimum atomic E-state index is -0.578. The Bertz CT molecular complexity index is 1480. The van der Waals surface area contributed by atoms with E-state index in [1.807, 2.05) is 62.4 Å². The van der Waals surface area contributed by atoms with Gasteiger partial charge in [-0.05, 0) is 59.0 Å². The first-order valence-corrected chi connectivity index (χ1v) is 12.7. The number of anilines is 2. The van der Waals surface area contributed by atoms with Crippen molar-refractivity contribution in [2.75, 3.05) is 10.6 Å². The first-order valence-electron chi connectivity index (χ1n) is 12.7. The third-order valence-electron chi connectivity index (χ3n) is 6.70. The Hall–Kier alpha value is -4.46. The lowest BCUT2D eigenvalue weighted by molar-refractivity contribution is -0.113. The number of carbonyl (C=O) groups excluding carboxylic acids is 1. The lowest BCUT2D eigenvalue weighted by Gasteiger charge is -2.29. The molecule has 0 radical (unpaired) electrons. The number of nitrogens with one attached hydrogen (secondary N) is 2. The topological polar surface area (TPSA) is 94.0 Å². The van der Waals surface area contributed by atoms with Gasteiger partial charge in [0.2, 0.25) is 5.95 Å². The maximum Gasteiger partial charge on any atom is 0.255 e. The van der Waals surface area contributed by atoms with Crippen LogP contribution in [0.3, 0.4) is 0 Å². The van der Waals surface area contributed by atoms with E-state index in [2.05, 4.69) is 71.2 Å². The number of amides is 1. The van der Waals surface area contributed by atoms with Gasteiger partial charge in [0.05, 0.1) is 5.57 Å². The summed E-state index contributed by atoms with van der Waals surface area (Å²) in [4.78, 5) is 13.7. The van der Waals surface area contributed by atoms with Crippen molar-refractivity contribution < 1.29 is 9.53 Å². The molecule has 8 heteroatoms. The number of ether oxygens (including phenoxy) is 1. The summed E-state index contributed by atoms with van der Waals surface area (Å²) in [7, 11) is 0. The van der Waals surface area contributed by atoms with Crippen molar-refractivity contribution in [3.05, 3.63) is 106 Å². The molecule has 0 bridgehead atoms. The Morgan fingerprint density at radius 1 is 1.00 bits per heavy atom. The number of nitrogens with zero attached hydrogens (tertiary/aromatic N) is 4. The van der Waals surface area contributed by atoms with Gasteiger partial charge < -0.3 is 15.4 Å². The second-order valence-electron chi connectivity index (χ2n) is 10.6. The smallest absolute Gasteiger partial charge is 0.255 e. The number of fused-ring (bicyclic) bond motifs is 1. The minimum absolute atomic E-state index is 0.0876. The van der Waals surface area contributed by atoms with Crippen LogP contribution in [-0.4, -0.2) is 26.1 Å². The van der Waals surface area contributed by atoms with Crippen LogP contribution >= 0.6 is 0 Å². The Morgan fingerprint density at radius 3 is 2.42 bits per heavy atom. The Morgan fingerprint density at radius 2 is 1.71 bits per heavy atom. The molecule has 1 amide bonds. The van der Waals surface area contributed by atoms with Gasteiger partial charge >= 0.3 is 0 Å². The highest BCUT2D eigenvalue weighted by Gasteiger charge is 2.35. The third-order valence-corrected chi connectivity index (χ3v) is 6.70. The largest absolute Gasteiger partial charge is 0.489 e. The SMILES string of the molecule is CC1=C(C(=O)Nc2ccc(C)cc2)C(c2ccccc2OCc2ccc(C(C)(C)C)cc2)n2nnnc2N1. The van der Waals surface area contributed by atoms with Crippen LogP contribution in [0.15, 0.2) is 84.1 Å². The van der Waals surface area contributed by atoms with E-state index in [0.29, 0.717) is 35.3 Å². The number of allylic oxidation sites excluding steroid dienone is 1. The third kappa shape index (κ3) is 5.16. The van der Waals surface area contributed by atoms with Crippen LogP contribution in [0.25, 0.3) is 0 Å². The molecular formula is C30H32N6O2. The van der Waals surface area contributed by atoms with Crippen LogP contribution in [0.2, 0.25) is 0 Å². The van der Waals surface area contributed by atoms with Crippen LogP contribution in [0.1, 0.15) is 56.0 Å². The Balaban J connectivity index is 1.46. The number of benzene rings is 3. The first kappa shape index (κ1) is 25.2. The summed E-state index contributed by atoms with van der Waals surface area (Å²) >= 11 is 0. The van der Waals surface area contributed by atoms with Crippen molar-refractivity contribution in [3.63, 3.8) is 0 Å². The van der Waals surface area contributed by atoms with Crippen LogP contribution in [0.5, 0.6) is 5.75 Å². The number of aryl methyl sites for hydroxylation is 1. The summed E-state index contributed by atoms with van der Waals surface area (Å²) in [5.41, 5.74) is 6.23. The number of hydrogen-bond acceptors (Lipinski definition) is 6. The zero-order valence-electron chi connectivity index (χ0n) is 22.3. The average molecular weight is 509 g/mol. The van der Waals surface area contributed by atoms with Gasteiger partial charge in [0.25, 0.3) is 5.91 Å². The van der Waals surface area contributed by atoms with E-state index in [-0.39, 0.29) is 11.3 Å². The molecular weight excluding hydrogens is 476 g/mol. The molecule has 1 unspecified atom stereocenters. The second-order valence-corrected chi connectivity index (χ2v) is 10.6. The van der Waals surface area contributed by atoms with Gasteiger partial charge in [-0.1, -0.05) is 86.0 Å². The highest BCUT2D eigenvalue weighted by molar-refractivity contribution is 6.06. The van der Waals surface area contributed by atoms with Crippen molar-refractivity contribution in [1.29, 1.82) is 0 Å². The standard InChI is InChI=1S/C30H32N6O2/c1-19-10-16-23(17-11-19)32-28(37)26-20(2)31-29-33-34-35-36(29)27(26)24-8-6-7-9-25(24)38-18-21-12-14-22(15-13-21)30(3,4)5/h6-17,27H,18H2,1-5H3,(H,32,37)(H,31,33,35). The van der Waals surface area contributed by atoms with Crippen LogP contribution in [-0.2, 0) is 16.8 Å². The first-order chi connectivity index (χ1) is 18.2. The molecule has 5 rings (SSSR count). The molecule has 4 aromatic rings. The molecule has 2 N–H and O–H groups in total. The summed E-state index contributed by atoms with van der Waals surface area (Å²) in [5, 5.41) is 18.4. The highest BCUT2D eigenvalue weighted by Crippen LogP contribution is 2.39. The molecule has 1 aliphatic rings. The van der Waals surface area contributed by atoms with Crippen molar-refractivity contribution in [2.45, 2.75) is 52.7 Å². The predicted octanol–water partition coefficient (Wildman–Crippen LogP) is 5.79. The Kier molecular flexibility index (Phi) is 6.72. The van der Waals surface area contributed by atoms with Gasteiger partial charge in [-0.25, -0.2) is 0 Å². The van der Waals surface area contributed by atoms with Crippen LogP contribution in [0, 0.1) is 6.92 Å². The van der Waals surface area contributed by atoms with Crippen LogP contribution in [0.4, 0.5) is 11.6 Å². The van der Waals surface area contributed by atoms with E-state index < -0.39 is 6.04 Å². The summed E-state index contributed by atoms with van der Waals surface area (Å²) in [6.45, 7) is 10.8. The molecule has 0 spiro atoms. The van der Waals surface area contributed by atoms with Gasteiger partial charge in [-0.15, -0.1) is 0 Å². The quantitative estimate of drug-likeness (QED) is 0.343. The van der Waals surface area contributed by atoms with Gasteiger partial charge in [0, 0.05) is 16.9 Å². The van der Waals surface area contributed by atoms with Crippen LogP contribution < -0.4 is 15.4 Å². The molecule has 3 aromatic carbocycles. The molecule has 1 atom stereocenters. The predicted molar refractivity (Wildman–Crippen MR) is 148 cm³/mol. The van der Waals surface area contributed by atoms with Gasteiger partial charge in [0.1, 0.15) is 18.4 Å². The van der Waals surface area contributed by atoms with Gasteiger partial charge in [-0.3, -0.25) is 4.79 Å². The molecule has 194 valence electrons.